The molecule has 0 aliphatic carbocycles. The number of ether oxygens (including phenoxy) is 2. The van der Waals surface area contributed by atoms with Crippen LogP contribution in [0.2, 0.25) is 0 Å². The summed E-state index contributed by atoms with van der Waals surface area (Å²) in [7, 11) is -3.74. The molecule has 0 saturated carbocycles. The summed E-state index contributed by atoms with van der Waals surface area (Å²) < 4.78 is 34.1. The van der Waals surface area contributed by atoms with Crippen molar-refractivity contribution in [1.29, 1.82) is 0 Å². The zero-order chi connectivity index (χ0) is 12.9. The van der Waals surface area contributed by atoms with E-state index in [1.807, 2.05) is 0 Å². The molecule has 0 spiro atoms. The Hall–Kier alpha value is -0.990. The summed E-state index contributed by atoms with van der Waals surface area (Å²) in [5, 5.41) is 0. The van der Waals surface area contributed by atoms with Crippen molar-refractivity contribution in [3.8, 4) is 0 Å². The van der Waals surface area contributed by atoms with Crippen LogP contribution >= 0.6 is 0 Å². The van der Waals surface area contributed by atoms with Crippen molar-refractivity contribution in [1.82, 2.24) is 4.31 Å². The fourth-order valence-electron chi connectivity index (χ4n) is 1.35. The molecule has 98 valence electrons. The Morgan fingerprint density at radius 3 is 2.41 bits per heavy atom. The van der Waals surface area contributed by atoms with Crippen LogP contribution in [0.3, 0.4) is 0 Å². The van der Waals surface area contributed by atoms with E-state index >= 15 is 0 Å². The highest BCUT2D eigenvalue weighted by Crippen LogP contribution is 2.06. The van der Waals surface area contributed by atoms with Crippen molar-refractivity contribution in [2.75, 3.05) is 38.7 Å². The fourth-order valence-corrected chi connectivity index (χ4v) is 2.69. The number of hydrogen-bond donors (Lipinski definition) is 0. The zero-order valence-corrected chi connectivity index (χ0v) is 10.4. The Morgan fingerprint density at radius 1 is 1.29 bits per heavy atom. The second kappa shape index (κ2) is 6.08. The van der Waals surface area contributed by atoms with Crippen LogP contribution in [0.1, 0.15) is 6.92 Å². The second-order valence-corrected chi connectivity index (χ2v) is 5.38. The number of rotatable bonds is 5. The average molecular weight is 265 g/mol. The third kappa shape index (κ3) is 4.06. The molecule has 1 rings (SSSR count). The minimum atomic E-state index is -3.74. The lowest BCUT2D eigenvalue weighted by atomic mass is 10.5. The molecule has 0 aromatic heterocycles. The van der Waals surface area contributed by atoms with Gasteiger partial charge in [-0.15, -0.1) is 0 Å². The van der Waals surface area contributed by atoms with Crippen LogP contribution in [0.25, 0.3) is 0 Å². The lowest BCUT2D eigenvalue weighted by Crippen LogP contribution is -2.44. The minimum absolute atomic E-state index is 0.0438. The van der Waals surface area contributed by atoms with E-state index in [1.54, 1.807) is 6.92 Å². The quantitative estimate of drug-likeness (QED) is 0.457. The van der Waals surface area contributed by atoms with E-state index in [0.717, 1.165) is 4.31 Å². The van der Waals surface area contributed by atoms with Gasteiger partial charge in [-0.25, -0.2) is 13.2 Å². The number of ketones is 1. The Kier molecular flexibility index (Phi) is 5.03. The van der Waals surface area contributed by atoms with E-state index in [0.29, 0.717) is 13.2 Å². The van der Waals surface area contributed by atoms with Crippen LogP contribution in [-0.4, -0.2) is 63.1 Å². The number of carbonyl (C=O) groups is 2. The standard InChI is InChI=1S/C9H15NO6S/c1-2-16-9(12)8(11)7-17(13,14)10-3-5-15-6-4-10/h2-7H2,1H3. The summed E-state index contributed by atoms with van der Waals surface area (Å²) >= 11 is 0. The number of esters is 1. The van der Waals surface area contributed by atoms with Gasteiger partial charge in [0.25, 0.3) is 5.78 Å². The molecule has 0 aromatic carbocycles. The van der Waals surface area contributed by atoms with E-state index in [-0.39, 0.29) is 19.7 Å². The lowest BCUT2D eigenvalue weighted by Gasteiger charge is -2.25. The monoisotopic (exact) mass is 265 g/mol. The Morgan fingerprint density at radius 2 is 1.88 bits per heavy atom. The highest BCUT2D eigenvalue weighted by molar-refractivity contribution is 7.89. The Balaban J connectivity index is 2.59. The van der Waals surface area contributed by atoms with Gasteiger partial charge in [-0.05, 0) is 6.92 Å². The normalized spacial score (nSPS) is 17.7. The molecule has 0 aromatic rings. The van der Waals surface area contributed by atoms with E-state index in [9.17, 15) is 18.0 Å². The highest BCUT2D eigenvalue weighted by Gasteiger charge is 2.30. The second-order valence-electron chi connectivity index (χ2n) is 3.41. The molecule has 1 aliphatic heterocycles. The number of hydrogen-bond acceptors (Lipinski definition) is 6. The van der Waals surface area contributed by atoms with E-state index in [4.69, 9.17) is 4.74 Å². The van der Waals surface area contributed by atoms with Gasteiger partial charge in [-0.3, -0.25) is 4.79 Å². The molecular weight excluding hydrogens is 250 g/mol. The summed E-state index contributed by atoms with van der Waals surface area (Å²) in [6.45, 7) is 2.60. The van der Waals surface area contributed by atoms with Crippen LogP contribution in [-0.2, 0) is 29.1 Å². The van der Waals surface area contributed by atoms with Gasteiger partial charge < -0.3 is 9.47 Å². The van der Waals surface area contributed by atoms with Crippen molar-refractivity contribution in [3.05, 3.63) is 0 Å². The van der Waals surface area contributed by atoms with Gasteiger partial charge in [0.2, 0.25) is 10.0 Å². The maximum Gasteiger partial charge on any atom is 0.375 e. The zero-order valence-electron chi connectivity index (χ0n) is 9.55. The van der Waals surface area contributed by atoms with E-state index in [2.05, 4.69) is 4.74 Å². The number of carbonyl (C=O) groups excluding carboxylic acids is 2. The molecule has 17 heavy (non-hydrogen) atoms. The molecule has 0 radical (unpaired) electrons. The first kappa shape index (κ1) is 14.1. The molecule has 1 heterocycles. The number of nitrogens with zero attached hydrogens (tertiary/aromatic N) is 1. The Labute approximate surface area is 99.7 Å². The predicted octanol–water partition coefficient (Wildman–Crippen LogP) is -1.22. The first-order valence-electron chi connectivity index (χ1n) is 5.23. The van der Waals surface area contributed by atoms with Crippen LogP contribution in [0.5, 0.6) is 0 Å². The van der Waals surface area contributed by atoms with Crippen LogP contribution < -0.4 is 0 Å². The molecule has 0 bridgehead atoms. The van der Waals surface area contributed by atoms with Gasteiger partial charge in [-0.1, -0.05) is 0 Å². The van der Waals surface area contributed by atoms with Gasteiger partial charge in [-0.2, -0.15) is 4.31 Å². The lowest BCUT2D eigenvalue weighted by molar-refractivity contribution is -0.152. The SMILES string of the molecule is CCOC(=O)C(=O)CS(=O)(=O)N1CCOCC1. The van der Waals surface area contributed by atoms with Crippen molar-refractivity contribution >= 4 is 21.8 Å². The summed E-state index contributed by atoms with van der Waals surface area (Å²) in [5.41, 5.74) is 0. The number of Topliss-reactive ketones (excluding diaryl/α,β-unsaturated/α-hetero) is 1. The van der Waals surface area contributed by atoms with Crippen molar-refractivity contribution < 1.29 is 27.5 Å². The molecule has 0 unspecified atom stereocenters. The van der Waals surface area contributed by atoms with Crippen LogP contribution in [0, 0.1) is 0 Å². The Bertz CT molecular complexity index is 384. The van der Waals surface area contributed by atoms with Gasteiger partial charge in [0, 0.05) is 13.1 Å². The smallest absolute Gasteiger partial charge is 0.375 e. The minimum Gasteiger partial charge on any atom is -0.460 e. The summed E-state index contributed by atoms with van der Waals surface area (Å²) in [5.74, 6) is -2.99. The average Bonchev–Trinajstić information content (AvgIpc) is 2.30. The van der Waals surface area contributed by atoms with Crippen molar-refractivity contribution in [3.63, 3.8) is 0 Å². The molecule has 1 saturated heterocycles. The third-order valence-electron chi connectivity index (χ3n) is 2.18. The fraction of sp³-hybridized carbons (Fsp3) is 0.778. The molecule has 1 fully saturated rings. The highest BCUT2D eigenvalue weighted by atomic mass is 32.2. The van der Waals surface area contributed by atoms with E-state index < -0.39 is 27.5 Å². The topological polar surface area (TPSA) is 90.0 Å². The molecule has 0 N–H and O–H groups in total. The van der Waals surface area contributed by atoms with Crippen molar-refractivity contribution in [2.24, 2.45) is 0 Å². The van der Waals surface area contributed by atoms with Gasteiger partial charge in [0.05, 0.1) is 19.8 Å². The van der Waals surface area contributed by atoms with Gasteiger partial charge in [0.1, 0.15) is 5.75 Å². The van der Waals surface area contributed by atoms with E-state index in [1.165, 1.54) is 0 Å². The van der Waals surface area contributed by atoms with Crippen molar-refractivity contribution in [2.45, 2.75) is 6.92 Å². The van der Waals surface area contributed by atoms with Crippen LogP contribution in [0.15, 0.2) is 0 Å². The molecular formula is C9H15NO6S. The first-order valence-corrected chi connectivity index (χ1v) is 6.84. The number of sulfonamides is 1. The summed E-state index contributed by atoms with van der Waals surface area (Å²) in [6.07, 6.45) is 0. The summed E-state index contributed by atoms with van der Waals surface area (Å²) in [4.78, 5) is 22.3. The number of morpholine rings is 1. The third-order valence-corrected chi connectivity index (χ3v) is 3.96. The largest absolute Gasteiger partial charge is 0.460 e. The molecule has 1 aliphatic rings. The van der Waals surface area contributed by atoms with Gasteiger partial charge in [0.15, 0.2) is 0 Å². The molecule has 8 heteroatoms. The van der Waals surface area contributed by atoms with Crippen LogP contribution in [0.4, 0.5) is 0 Å². The molecule has 0 amide bonds. The molecule has 0 atom stereocenters. The maximum absolute atomic E-state index is 11.7. The maximum atomic E-state index is 11.7. The molecule has 7 nitrogen and oxygen atoms in total. The summed E-state index contributed by atoms with van der Waals surface area (Å²) in [6, 6.07) is 0. The first-order chi connectivity index (χ1) is 7.97. The predicted molar refractivity (Wildman–Crippen MR) is 57.8 cm³/mol. The van der Waals surface area contributed by atoms with Gasteiger partial charge >= 0.3 is 5.97 Å².